The molecule has 10 heavy (non-hydrogen) atoms. The lowest BCUT2D eigenvalue weighted by molar-refractivity contribution is 0.0991. The van der Waals surface area contributed by atoms with Crippen molar-refractivity contribution in [3.05, 3.63) is 30.9 Å². The molecule has 0 saturated heterocycles. The molecule has 0 atom stereocenters. The van der Waals surface area contributed by atoms with E-state index in [1.165, 1.54) is 6.20 Å². The largest absolute Gasteiger partial charge is 0.341 e. The minimum Gasteiger partial charge on any atom is -0.341 e. The third-order valence-corrected chi connectivity index (χ3v) is 1.07. The van der Waals surface area contributed by atoms with Crippen LogP contribution in [-0.4, -0.2) is 15.8 Å². The number of hydrogen-bond donors (Lipinski definition) is 1. The summed E-state index contributed by atoms with van der Waals surface area (Å²) in [5.74, 6) is -0.0347. The van der Waals surface area contributed by atoms with Gasteiger partial charge in [0.15, 0.2) is 12.1 Å². The second-order valence-corrected chi connectivity index (χ2v) is 1.81. The monoisotopic (exact) mass is 135 g/mol. The molecule has 0 aliphatic heterocycles. The number of ketones is 1. The average molecular weight is 135 g/mol. The Hall–Kier alpha value is -1.38. The molecule has 1 radical (unpaired) electrons. The zero-order chi connectivity index (χ0) is 7.40. The maximum Gasteiger partial charge on any atom is 0.186 e. The van der Waals surface area contributed by atoms with E-state index in [0.29, 0.717) is 12.1 Å². The van der Waals surface area contributed by atoms with Gasteiger partial charge in [-0.15, -0.1) is 6.58 Å². The van der Waals surface area contributed by atoms with Crippen LogP contribution in [-0.2, 0) is 0 Å². The van der Waals surface area contributed by atoms with Gasteiger partial charge in [-0.3, -0.25) is 4.79 Å². The Labute approximate surface area is 58.8 Å². The van der Waals surface area contributed by atoms with Crippen molar-refractivity contribution < 1.29 is 4.79 Å². The Kier molecular flexibility index (Phi) is 1.99. The van der Waals surface area contributed by atoms with Gasteiger partial charge in [0.25, 0.3) is 0 Å². The van der Waals surface area contributed by atoms with Gasteiger partial charge in [-0.2, -0.15) is 0 Å². The number of aromatic nitrogens is 2. The number of allylic oxidation sites excluding steroid dienone is 1. The van der Waals surface area contributed by atoms with Gasteiger partial charge in [-0.05, 0) is 0 Å². The van der Waals surface area contributed by atoms with Gasteiger partial charge in [0.05, 0.1) is 0 Å². The van der Waals surface area contributed by atoms with E-state index in [1.807, 2.05) is 0 Å². The van der Waals surface area contributed by atoms with Gasteiger partial charge < -0.3 is 4.98 Å². The quantitative estimate of drug-likeness (QED) is 0.495. The highest BCUT2D eigenvalue weighted by Gasteiger charge is 2.03. The van der Waals surface area contributed by atoms with Crippen molar-refractivity contribution in [3.8, 4) is 0 Å². The standard InChI is InChI=1S/C7H7N2O/c1-2-3-7(10)6-4-8-5-9-6/h2,4H,1,3H2,(H,8,9). The average Bonchev–Trinajstić information content (AvgIpc) is 2.38. The van der Waals surface area contributed by atoms with Gasteiger partial charge in [0.1, 0.15) is 5.69 Å². The zero-order valence-electron chi connectivity index (χ0n) is 5.42. The second kappa shape index (κ2) is 2.96. The van der Waals surface area contributed by atoms with E-state index in [1.54, 1.807) is 6.08 Å². The summed E-state index contributed by atoms with van der Waals surface area (Å²) in [5.41, 5.74) is 0.417. The third kappa shape index (κ3) is 1.31. The highest BCUT2D eigenvalue weighted by molar-refractivity contribution is 5.94. The summed E-state index contributed by atoms with van der Waals surface area (Å²) in [5, 5.41) is 0. The Bertz CT molecular complexity index is 226. The fourth-order valence-corrected chi connectivity index (χ4v) is 0.604. The predicted octanol–water partition coefficient (Wildman–Crippen LogP) is 0.969. The minimum absolute atomic E-state index is 0.0347. The first-order valence-corrected chi connectivity index (χ1v) is 2.90. The fraction of sp³-hybridized carbons (Fsp3) is 0.143. The summed E-state index contributed by atoms with van der Waals surface area (Å²) < 4.78 is 0. The van der Waals surface area contributed by atoms with Crippen LogP contribution >= 0.6 is 0 Å². The number of carbonyl (C=O) groups is 1. The van der Waals surface area contributed by atoms with Crippen molar-refractivity contribution in [1.82, 2.24) is 9.97 Å². The SMILES string of the molecule is C=CCC(=O)c1c[nH][c]n1. The van der Waals surface area contributed by atoms with Crippen LogP contribution < -0.4 is 0 Å². The van der Waals surface area contributed by atoms with E-state index in [0.717, 1.165) is 0 Å². The summed E-state index contributed by atoms with van der Waals surface area (Å²) in [7, 11) is 0. The molecule has 3 nitrogen and oxygen atoms in total. The van der Waals surface area contributed by atoms with Gasteiger partial charge >= 0.3 is 0 Å². The lowest BCUT2D eigenvalue weighted by Crippen LogP contribution is -1.96. The number of H-pyrrole nitrogens is 1. The van der Waals surface area contributed by atoms with Crippen molar-refractivity contribution >= 4 is 5.78 Å². The summed E-state index contributed by atoms with van der Waals surface area (Å²) in [6.45, 7) is 3.44. The summed E-state index contributed by atoms with van der Waals surface area (Å²) in [4.78, 5) is 17.2. The van der Waals surface area contributed by atoms with Crippen molar-refractivity contribution in [2.75, 3.05) is 0 Å². The van der Waals surface area contributed by atoms with Crippen LogP contribution in [0.4, 0.5) is 0 Å². The molecule has 0 unspecified atom stereocenters. The number of Topliss-reactive ketones (excluding diaryl/α,β-unsaturated/α-hetero) is 1. The van der Waals surface area contributed by atoms with E-state index in [2.05, 4.69) is 22.9 Å². The smallest absolute Gasteiger partial charge is 0.186 e. The van der Waals surface area contributed by atoms with Crippen LogP contribution in [0.3, 0.4) is 0 Å². The van der Waals surface area contributed by atoms with Gasteiger partial charge in [0.2, 0.25) is 0 Å². The Morgan fingerprint density at radius 1 is 2.00 bits per heavy atom. The summed E-state index contributed by atoms with van der Waals surface area (Å²) in [6.07, 6.45) is 5.84. The predicted molar refractivity (Wildman–Crippen MR) is 36.6 cm³/mol. The zero-order valence-corrected chi connectivity index (χ0v) is 5.42. The van der Waals surface area contributed by atoms with Crippen LogP contribution in [0.2, 0.25) is 0 Å². The molecule has 0 amide bonds. The van der Waals surface area contributed by atoms with Gasteiger partial charge in [0, 0.05) is 12.6 Å². The van der Waals surface area contributed by atoms with E-state index >= 15 is 0 Å². The molecule has 0 aliphatic rings. The second-order valence-electron chi connectivity index (χ2n) is 1.81. The molecule has 1 heterocycles. The Balaban J connectivity index is 2.68. The number of rotatable bonds is 3. The van der Waals surface area contributed by atoms with Crippen molar-refractivity contribution in [3.63, 3.8) is 0 Å². The highest BCUT2D eigenvalue weighted by Crippen LogP contribution is 1.96. The molecular formula is C7H7N2O. The lowest BCUT2D eigenvalue weighted by Gasteiger charge is -1.86. The first-order valence-electron chi connectivity index (χ1n) is 2.90. The molecule has 51 valence electrons. The van der Waals surface area contributed by atoms with Gasteiger partial charge in [-0.1, -0.05) is 6.08 Å². The number of hydrogen-bond acceptors (Lipinski definition) is 2. The number of aromatic amines is 1. The molecule has 0 aromatic carbocycles. The molecule has 1 aromatic rings. The van der Waals surface area contributed by atoms with Crippen molar-refractivity contribution in [2.24, 2.45) is 0 Å². The van der Waals surface area contributed by atoms with E-state index in [9.17, 15) is 4.79 Å². The Morgan fingerprint density at radius 3 is 3.30 bits per heavy atom. The molecule has 0 bridgehead atoms. The fourth-order valence-electron chi connectivity index (χ4n) is 0.604. The van der Waals surface area contributed by atoms with Crippen LogP contribution in [0.25, 0.3) is 0 Å². The summed E-state index contributed by atoms with van der Waals surface area (Å²) >= 11 is 0. The number of imidazole rings is 1. The lowest BCUT2D eigenvalue weighted by atomic mass is 10.2. The number of carbonyl (C=O) groups excluding carboxylic acids is 1. The molecule has 0 aliphatic carbocycles. The maximum atomic E-state index is 10.9. The first kappa shape index (κ1) is 6.74. The summed E-state index contributed by atoms with van der Waals surface area (Å²) in [6, 6.07) is 0. The molecule has 1 aromatic heterocycles. The van der Waals surface area contributed by atoms with E-state index in [-0.39, 0.29) is 5.78 Å². The number of nitrogens with one attached hydrogen (secondary N) is 1. The molecule has 0 saturated carbocycles. The van der Waals surface area contributed by atoms with Crippen LogP contribution in [0.1, 0.15) is 16.9 Å². The van der Waals surface area contributed by atoms with Crippen molar-refractivity contribution in [1.29, 1.82) is 0 Å². The Morgan fingerprint density at radius 2 is 2.80 bits per heavy atom. The molecule has 0 fully saturated rings. The minimum atomic E-state index is -0.0347. The highest BCUT2D eigenvalue weighted by atomic mass is 16.1. The molecular weight excluding hydrogens is 128 g/mol. The van der Waals surface area contributed by atoms with Crippen LogP contribution in [0.5, 0.6) is 0 Å². The van der Waals surface area contributed by atoms with Crippen molar-refractivity contribution in [2.45, 2.75) is 6.42 Å². The van der Waals surface area contributed by atoms with Gasteiger partial charge in [-0.25, -0.2) is 4.98 Å². The normalized spacial score (nSPS) is 9.20. The first-order chi connectivity index (χ1) is 4.84. The molecule has 3 heteroatoms. The van der Waals surface area contributed by atoms with Crippen LogP contribution in [0, 0.1) is 6.33 Å². The molecule has 0 spiro atoms. The molecule has 1 N–H and O–H groups in total. The number of nitrogens with zero attached hydrogens (tertiary/aromatic N) is 1. The van der Waals surface area contributed by atoms with E-state index in [4.69, 9.17) is 0 Å². The maximum absolute atomic E-state index is 10.9. The van der Waals surface area contributed by atoms with E-state index < -0.39 is 0 Å². The third-order valence-electron chi connectivity index (χ3n) is 1.07. The molecule has 1 rings (SSSR count). The van der Waals surface area contributed by atoms with Crippen LogP contribution in [0.15, 0.2) is 18.9 Å². The topological polar surface area (TPSA) is 45.8 Å².